The van der Waals surface area contributed by atoms with E-state index in [0.29, 0.717) is 0 Å². The first-order valence-corrected chi connectivity index (χ1v) is 6.66. The van der Waals surface area contributed by atoms with Crippen LogP contribution in [0.3, 0.4) is 0 Å². The van der Waals surface area contributed by atoms with Crippen molar-refractivity contribution in [2.24, 2.45) is 0 Å². The summed E-state index contributed by atoms with van der Waals surface area (Å²) in [6, 6.07) is 5.98. The zero-order chi connectivity index (χ0) is 13.3. The first-order valence-electron chi connectivity index (χ1n) is 6.28. The first-order chi connectivity index (χ1) is 8.48. The van der Waals surface area contributed by atoms with Gasteiger partial charge in [0.05, 0.1) is 12.1 Å². The molecule has 1 aliphatic rings. The maximum Gasteiger partial charge on any atom is 0.0633 e. The quantitative estimate of drug-likeness (QED) is 0.910. The maximum atomic E-state index is 9.68. The van der Waals surface area contributed by atoms with Gasteiger partial charge in [0, 0.05) is 23.8 Å². The summed E-state index contributed by atoms with van der Waals surface area (Å²) in [4.78, 5) is 4.45. The summed E-state index contributed by atoms with van der Waals surface area (Å²) in [6.45, 7) is 4.09. The molecule has 1 fully saturated rings. The zero-order valence-electron chi connectivity index (χ0n) is 11.3. The molecule has 0 radical (unpaired) electrons. The predicted molar refractivity (Wildman–Crippen MR) is 76.5 cm³/mol. The van der Waals surface area contributed by atoms with Crippen molar-refractivity contribution in [2.45, 2.75) is 18.9 Å². The van der Waals surface area contributed by atoms with Crippen LogP contribution in [0.4, 0.5) is 5.69 Å². The number of hydrogen-bond acceptors (Lipinski definition) is 3. The van der Waals surface area contributed by atoms with Crippen LogP contribution in [0.15, 0.2) is 18.2 Å². The molecule has 4 heteroatoms. The monoisotopic (exact) mass is 268 g/mol. The van der Waals surface area contributed by atoms with Crippen molar-refractivity contribution < 1.29 is 5.11 Å². The third-order valence-corrected chi connectivity index (χ3v) is 4.32. The number of likely N-dealkylation sites (N-methyl/N-ethyl adjacent to an activating group) is 1. The van der Waals surface area contributed by atoms with Crippen LogP contribution in [-0.2, 0) is 0 Å². The van der Waals surface area contributed by atoms with Gasteiger partial charge in [0.1, 0.15) is 0 Å². The van der Waals surface area contributed by atoms with Gasteiger partial charge in [-0.25, -0.2) is 0 Å². The van der Waals surface area contributed by atoms with E-state index in [2.05, 4.69) is 16.7 Å². The molecule has 0 spiro atoms. The summed E-state index contributed by atoms with van der Waals surface area (Å²) in [5.41, 5.74) is 2.28. The van der Waals surface area contributed by atoms with E-state index >= 15 is 0 Å². The predicted octanol–water partition coefficient (Wildman–Crippen LogP) is 2.15. The average molecular weight is 269 g/mol. The summed E-state index contributed by atoms with van der Waals surface area (Å²) in [5, 5.41) is 10.4. The summed E-state index contributed by atoms with van der Waals surface area (Å²) in [5.74, 6) is 0. The molecule has 1 heterocycles. The second-order valence-electron chi connectivity index (χ2n) is 5.38. The lowest BCUT2D eigenvalue weighted by molar-refractivity contribution is 0.0867. The Morgan fingerprint density at radius 2 is 2.17 bits per heavy atom. The Hall–Kier alpha value is -0.770. The Bertz CT molecular complexity index is 436. The number of anilines is 1. The third-order valence-electron chi connectivity index (χ3n) is 4.09. The average Bonchev–Trinajstić information content (AvgIpc) is 2.78. The lowest BCUT2D eigenvalue weighted by atomic mass is 9.98. The molecule has 1 aliphatic heterocycles. The van der Waals surface area contributed by atoms with Gasteiger partial charge in [-0.3, -0.25) is 4.90 Å². The Balaban J connectivity index is 2.25. The number of aliphatic hydroxyl groups is 1. The highest BCUT2D eigenvalue weighted by molar-refractivity contribution is 6.30. The number of benzene rings is 1. The molecule has 0 aliphatic carbocycles. The maximum absolute atomic E-state index is 9.68. The summed E-state index contributed by atoms with van der Waals surface area (Å²) < 4.78 is 0. The molecule has 1 aromatic rings. The van der Waals surface area contributed by atoms with Crippen molar-refractivity contribution in [1.82, 2.24) is 4.90 Å². The van der Waals surface area contributed by atoms with E-state index in [1.165, 1.54) is 11.3 Å². The Kier molecular flexibility index (Phi) is 3.85. The summed E-state index contributed by atoms with van der Waals surface area (Å²) >= 11 is 6.08. The van der Waals surface area contributed by atoms with E-state index in [1.807, 2.05) is 32.3 Å². The van der Waals surface area contributed by atoms with Crippen molar-refractivity contribution >= 4 is 17.3 Å². The van der Waals surface area contributed by atoms with Crippen molar-refractivity contribution in [3.8, 4) is 0 Å². The fourth-order valence-corrected chi connectivity index (χ4v) is 2.79. The SMILES string of the molecule is Cc1ccc(Cl)cc1N1CCC(CO)(N(C)C)C1. The minimum Gasteiger partial charge on any atom is -0.394 e. The van der Waals surface area contributed by atoms with E-state index in [0.717, 1.165) is 24.5 Å². The lowest BCUT2D eigenvalue weighted by Gasteiger charge is -2.34. The number of nitrogens with zero attached hydrogens (tertiary/aromatic N) is 2. The standard InChI is InChI=1S/C14H21ClN2O/c1-11-4-5-12(15)8-13(11)17-7-6-14(9-17,10-18)16(2)3/h4-5,8,18H,6-7,9-10H2,1-3H3. The van der Waals surface area contributed by atoms with Gasteiger partial charge in [-0.15, -0.1) is 0 Å². The largest absolute Gasteiger partial charge is 0.394 e. The molecular weight excluding hydrogens is 248 g/mol. The molecule has 0 amide bonds. The van der Waals surface area contributed by atoms with Gasteiger partial charge >= 0.3 is 0 Å². The van der Waals surface area contributed by atoms with Gasteiger partial charge in [0.15, 0.2) is 0 Å². The van der Waals surface area contributed by atoms with Crippen molar-refractivity contribution in [3.63, 3.8) is 0 Å². The fraction of sp³-hybridized carbons (Fsp3) is 0.571. The topological polar surface area (TPSA) is 26.7 Å². The molecule has 18 heavy (non-hydrogen) atoms. The van der Waals surface area contributed by atoms with Gasteiger partial charge in [-0.05, 0) is 45.1 Å². The third kappa shape index (κ3) is 2.35. The first kappa shape index (κ1) is 13.7. The van der Waals surface area contributed by atoms with Crippen LogP contribution in [0.1, 0.15) is 12.0 Å². The molecule has 0 saturated carbocycles. The van der Waals surface area contributed by atoms with Gasteiger partial charge in [0.25, 0.3) is 0 Å². The number of aliphatic hydroxyl groups excluding tert-OH is 1. The molecule has 1 aromatic carbocycles. The number of aryl methyl sites for hydroxylation is 1. The molecule has 3 nitrogen and oxygen atoms in total. The number of halogens is 1. The molecule has 100 valence electrons. The van der Waals surface area contributed by atoms with Crippen LogP contribution in [0.5, 0.6) is 0 Å². The fourth-order valence-electron chi connectivity index (χ4n) is 2.62. The van der Waals surface area contributed by atoms with Gasteiger partial charge in [0.2, 0.25) is 0 Å². The molecule has 1 saturated heterocycles. The van der Waals surface area contributed by atoms with Crippen LogP contribution < -0.4 is 4.90 Å². The molecule has 1 atom stereocenters. The normalized spacial score (nSPS) is 24.0. The van der Waals surface area contributed by atoms with E-state index in [1.54, 1.807) is 0 Å². The Morgan fingerprint density at radius 3 is 2.72 bits per heavy atom. The lowest BCUT2D eigenvalue weighted by Crippen LogP contribution is -2.49. The van der Waals surface area contributed by atoms with Crippen LogP contribution in [0, 0.1) is 6.92 Å². The van der Waals surface area contributed by atoms with Gasteiger partial charge < -0.3 is 10.0 Å². The van der Waals surface area contributed by atoms with Gasteiger partial charge in [-0.2, -0.15) is 0 Å². The van der Waals surface area contributed by atoms with Crippen LogP contribution in [0.25, 0.3) is 0 Å². The Morgan fingerprint density at radius 1 is 1.44 bits per heavy atom. The Labute approximate surface area is 114 Å². The van der Waals surface area contributed by atoms with Crippen LogP contribution in [-0.4, -0.2) is 49.3 Å². The smallest absolute Gasteiger partial charge is 0.0633 e. The molecule has 0 aromatic heterocycles. The summed E-state index contributed by atoms with van der Waals surface area (Å²) in [7, 11) is 4.06. The highest BCUT2D eigenvalue weighted by Crippen LogP contribution is 2.33. The number of rotatable bonds is 3. The van der Waals surface area contributed by atoms with E-state index in [4.69, 9.17) is 11.6 Å². The molecule has 1 unspecified atom stereocenters. The minimum absolute atomic E-state index is 0.130. The zero-order valence-corrected chi connectivity index (χ0v) is 12.0. The second kappa shape index (κ2) is 5.08. The molecule has 0 bridgehead atoms. The highest BCUT2D eigenvalue weighted by atomic mass is 35.5. The number of hydrogen-bond donors (Lipinski definition) is 1. The van der Waals surface area contributed by atoms with Crippen molar-refractivity contribution in [2.75, 3.05) is 38.7 Å². The van der Waals surface area contributed by atoms with Crippen molar-refractivity contribution in [1.29, 1.82) is 0 Å². The van der Waals surface area contributed by atoms with E-state index in [9.17, 15) is 5.11 Å². The summed E-state index contributed by atoms with van der Waals surface area (Å²) in [6.07, 6.45) is 0.975. The second-order valence-corrected chi connectivity index (χ2v) is 5.82. The molecular formula is C14H21ClN2O. The molecule has 2 rings (SSSR count). The van der Waals surface area contributed by atoms with Crippen LogP contribution in [0.2, 0.25) is 5.02 Å². The van der Waals surface area contributed by atoms with Crippen molar-refractivity contribution in [3.05, 3.63) is 28.8 Å². The van der Waals surface area contributed by atoms with Gasteiger partial charge in [-0.1, -0.05) is 17.7 Å². The minimum atomic E-state index is -0.130. The van der Waals surface area contributed by atoms with Crippen LogP contribution >= 0.6 is 11.6 Å². The van der Waals surface area contributed by atoms with E-state index in [-0.39, 0.29) is 12.1 Å². The molecule has 1 N–H and O–H groups in total. The van der Waals surface area contributed by atoms with E-state index < -0.39 is 0 Å². The highest BCUT2D eigenvalue weighted by Gasteiger charge is 2.39.